The second-order valence-corrected chi connectivity index (χ2v) is 3.82. The van der Waals surface area contributed by atoms with Crippen LogP contribution in [0, 0.1) is 6.92 Å². The van der Waals surface area contributed by atoms with Crippen molar-refractivity contribution in [1.29, 1.82) is 0 Å². The molecule has 2 rings (SSSR count). The normalized spacial score (nSPS) is 10.0. The maximum atomic E-state index is 11.9. The summed E-state index contributed by atoms with van der Waals surface area (Å²) in [6.07, 6.45) is 1.49. The van der Waals surface area contributed by atoms with E-state index in [4.69, 9.17) is 11.6 Å². The fourth-order valence-electron chi connectivity index (χ4n) is 1.42. The zero-order valence-corrected chi connectivity index (χ0v) is 9.90. The van der Waals surface area contributed by atoms with Gasteiger partial charge in [-0.25, -0.2) is 9.97 Å². The van der Waals surface area contributed by atoms with Gasteiger partial charge in [0, 0.05) is 11.8 Å². The molecule has 1 N–H and O–H groups in total. The summed E-state index contributed by atoms with van der Waals surface area (Å²) < 4.78 is 0. The minimum Gasteiger partial charge on any atom is -0.306 e. The zero-order valence-electron chi connectivity index (χ0n) is 9.14. The molecule has 17 heavy (non-hydrogen) atoms. The molecular weight excluding hydrogens is 238 g/mol. The minimum absolute atomic E-state index is 0.104. The third-order valence-corrected chi connectivity index (χ3v) is 2.44. The van der Waals surface area contributed by atoms with E-state index in [1.807, 2.05) is 25.1 Å². The third-order valence-electron chi connectivity index (χ3n) is 2.26. The summed E-state index contributed by atoms with van der Waals surface area (Å²) >= 11 is 5.63. The number of carbonyl (C=O) groups excluding carboxylic acids is 1. The molecule has 5 heteroatoms. The van der Waals surface area contributed by atoms with Crippen LogP contribution in [0.5, 0.6) is 0 Å². The first-order valence-electron chi connectivity index (χ1n) is 5.02. The van der Waals surface area contributed by atoms with Crippen LogP contribution in [-0.4, -0.2) is 15.9 Å². The molecule has 0 aliphatic carbocycles. The molecule has 0 saturated carbocycles. The molecule has 0 unspecified atom stereocenters. The number of nitrogens with one attached hydrogen (secondary N) is 1. The first kappa shape index (κ1) is 11.5. The summed E-state index contributed by atoms with van der Waals surface area (Å²) in [5, 5.41) is 2.77. The van der Waals surface area contributed by atoms with E-state index < -0.39 is 0 Å². The van der Waals surface area contributed by atoms with Crippen LogP contribution in [0.3, 0.4) is 0 Å². The Kier molecular flexibility index (Phi) is 3.35. The molecule has 4 nitrogen and oxygen atoms in total. The van der Waals surface area contributed by atoms with E-state index in [2.05, 4.69) is 15.3 Å². The number of nitrogens with zero attached hydrogens (tertiary/aromatic N) is 2. The van der Waals surface area contributed by atoms with Gasteiger partial charge in [0.05, 0.1) is 0 Å². The van der Waals surface area contributed by atoms with Crippen molar-refractivity contribution in [2.75, 3.05) is 5.32 Å². The molecule has 0 saturated heterocycles. The number of aromatic nitrogens is 2. The number of amides is 1. The van der Waals surface area contributed by atoms with Crippen molar-refractivity contribution < 1.29 is 4.79 Å². The van der Waals surface area contributed by atoms with Crippen LogP contribution >= 0.6 is 11.6 Å². The minimum atomic E-state index is -0.210. The van der Waals surface area contributed by atoms with Gasteiger partial charge in [-0.3, -0.25) is 4.79 Å². The van der Waals surface area contributed by atoms with Gasteiger partial charge in [0.25, 0.3) is 5.91 Å². The molecule has 1 heterocycles. The first-order valence-corrected chi connectivity index (χ1v) is 5.40. The predicted octanol–water partition coefficient (Wildman–Crippen LogP) is 2.69. The second-order valence-electron chi connectivity index (χ2n) is 3.48. The number of carbonyl (C=O) groups is 1. The Hall–Kier alpha value is -1.94. The van der Waals surface area contributed by atoms with E-state index in [1.54, 1.807) is 12.1 Å². The monoisotopic (exact) mass is 247 g/mol. The van der Waals surface area contributed by atoms with Gasteiger partial charge in [-0.2, -0.15) is 0 Å². The Morgan fingerprint density at radius 1 is 1.29 bits per heavy atom. The SMILES string of the molecule is Cc1ccccc1C(=O)Nc1ccnc(Cl)n1. The number of rotatable bonds is 2. The highest BCUT2D eigenvalue weighted by molar-refractivity contribution is 6.28. The third kappa shape index (κ3) is 2.79. The van der Waals surface area contributed by atoms with Gasteiger partial charge in [0.15, 0.2) is 0 Å². The smallest absolute Gasteiger partial charge is 0.257 e. The molecule has 0 fully saturated rings. The maximum Gasteiger partial charge on any atom is 0.257 e. The Labute approximate surface area is 104 Å². The lowest BCUT2D eigenvalue weighted by Gasteiger charge is -2.06. The van der Waals surface area contributed by atoms with Crippen LogP contribution in [0.2, 0.25) is 5.28 Å². The van der Waals surface area contributed by atoms with Crippen molar-refractivity contribution in [3.63, 3.8) is 0 Å². The molecule has 0 spiro atoms. The van der Waals surface area contributed by atoms with Gasteiger partial charge < -0.3 is 5.32 Å². The number of halogens is 1. The largest absolute Gasteiger partial charge is 0.306 e. The molecule has 0 aliphatic heterocycles. The highest BCUT2D eigenvalue weighted by Crippen LogP contribution is 2.11. The van der Waals surface area contributed by atoms with Crippen molar-refractivity contribution in [1.82, 2.24) is 9.97 Å². The fourth-order valence-corrected chi connectivity index (χ4v) is 1.56. The van der Waals surface area contributed by atoms with Crippen molar-refractivity contribution >= 4 is 23.3 Å². The topological polar surface area (TPSA) is 54.9 Å². The molecule has 0 atom stereocenters. The first-order chi connectivity index (χ1) is 8.16. The van der Waals surface area contributed by atoms with E-state index >= 15 is 0 Å². The van der Waals surface area contributed by atoms with Crippen LogP contribution in [-0.2, 0) is 0 Å². The lowest BCUT2D eigenvalue weighted by Crippen LogP contribution is -2.14. The Bertz CT molecular complexity index is 557. The number of benzene rings is 1. The summed E-state index contributed by atoms with van der Waals surface area (Å²) in [4.78, 5) is 19.6. The molecule has 1 aromatic heterocycles. The number of anilines is 1. The highest BCUT2D eigenvalue weighted by Gasteiger charge is 2.09. The summed E-state index contributed by atoms with van der Waals surface area (Å²) in [5.74, 6) is 0.177. The van der Waals surface area contributed by atoms with Crippen molar-refractivity contribution in [2.45, 2.75) is 6.92 Å². The molecular formula is C12H10ClN3O. The lowest BCUT2D eigenvalue weighted by atomic mass is 10.1. The molecule has 0 bridgehead atoms. The average Bonchev–Trinajstić information content (AvgIpc) is 2.29. The number of hydrogen-bond acceptors (Lipinski definition) is 3. The van der Waals surface area contributed by atoms with Crippen LogP contribution in [0.25, 0.3) is 0 Å². The highest BCUT2D eigenvalue weighted by atomic mass is 35.5. The molecule has 1 aromatic carbocycles. The van der Waals surface area contributed by atoms with Gasteiger partial charge in [0.1, 0.15) is 5.82 Å². The summed E-state index contributed by atoms with van der Waals surface area (Å²) in [5.41, 5.74) is 1.52. The Balaban J connectivity index is 2.20. The summed E-state index contributed by atoms with van der Waals surface area (Å²) in [6.45, 7) is 1.88. The molecule has 0 radical (unpaired) electrons. The van der Waals surface area contributed by atoms with Crippen molar-refractivity contribution in [2.24, 2.45) is 0 Å². The van der Waals surface area contributed by atoms with Gasteiger partial charge in [-0.15, -0.1) is 0 Å². The predicted molar refractivity (Wildman–Crippen MR) is 66.2 cm³/mol. The Morgan fingerprint density at radius 3 is 2.76 bits per heavy atom. The van der Waals surface area contributed by atoms with Crippen molar-refractivity contribution in [3.05, 3.63) is 52.9 Å². The molecule has 0 aliphatic rings. The van der Waals surface area contributed by atoms with E-state index in [-0.39, 0.29) is 11.2 Å². The van der Waals surface area contributed by atoms with Gasteiger partial charge >= 0.3 is 0 Å². The van der Waals surface area contributed by atoms with E-state index in [0.717, 1.165) is 5.56 Å². The van der Waals surface area contributed by atoms with E-state index in [1.165, 1.54) is 6.20 Å². The van der Waals surface area contributed by atoms with Gasteiger partial charge in [-0.05, 0) is 36.2 Å². The van der Waals surface area contributed by atoms with Gasteiger partial charge in [-0.1, -0.05) is 18.2 Å². The summed E-state index contributed by atoms with van der Waals surface area (Å²) in [6, 6.07) is 8.92. The van der Waals surface area contributed by atoms with Crippen LogP contribution < -0.4 is 5.32 Å². The van der Waals surface area contributed by atoms with Gasteiger partial charge in [0.2, 0.25) is 5.28 Å². The fraction of sp³-hybridized carbons (Fsp3) is 0.0833. The quantitative estimate of drug-likeness (QED) is 0.830. The molecule has 86 valence electrons. The lowest BCUT2D eigenvalue weighted by molar-refractivity contribution is 0.102. The molecule has 2 aromatic rings. The standard InChI is InChI=1S/C12H10ClN3O/c1-8-4-2-3-5-9(8)11(17)15-10-6-7-14-12(13)16-10/h2-7H,1H3,(H,14,15,16,17). The number of hydrogen-bond donors (Lipinski definition) is 1. The number of aryl methyl sites for hydroxylation is 1. The van der Waals surface area contributed by atoms with E-state index in [0.29, 0.717) is 11.4 Å². The summed E-state index contributed by atoms with van der Waals surface area (Å²) in [7, 11) is 0. The van der Waals surface area contributed by atoms with Crippen LogP contribution in [0.1, 0.15) is 15.9 Å². The second kappa shape index (κ2) is 4.93. The van der Waals surface area contributed by atoms with Crippen LogP contribution in [0.15, 0.2) is 36.5 Å². The zero-order chi connectivity index (χ0) is 12.3. The van der Waals surface area contributed by atoms with Crippen LogP contribution in [0.4, 0.5) is 5.82 Å². The van der Waals surface area contributed by atoms with E-state index in [9.17, 15) is 4.79 Å². The average molecular weight is 248 g/mol. The Morgan fingerprint density at radius 2 is 2.06 bits per heavy atom. The van der Waals surface area contributed by atoms with Crippen molar-refractivity contribution in [3.8, 4) is 0 Å². The molecule has 1 amide bonds. The maximum absolute atomic E-state index is 11.9.